The maximum absolute atomic E-state index is 11.5. The lowest BCUT2D eigenvalue weighted by molar-refractivity contribution is 0.101. The lowest BCUT2D eigenvalue weighted by Gasteiger charge is -2.15. The molecule has 0 bridgehead atoms. The normalized spacial score (nSPS) is 12.8. The van der Waals surface area contributed by atoms with E-state index >= 15 is 0 Å². The van der Waals surface area contributed by atoms with Crippen LogP contribution >= 0.6 is 11.5 Å². The lowest BCUT2D eigenvalue weighted by Crippen LogP contribution is -2.16. The zero-order valence-corrected chi connectivity index (χ0v) is 12.1. The largest absolute Gasteiger partial charge is 0.373 e. The topological polar surface area (TPSA) is 42.0 Å². The average molecular weight is 254 g/mol. The molecule has 17 heavy (non-hydrogen) atoms. The van der Waals surface area contributed by atoms with Crippen LogP contribution in [0.1, 0.15) is 56.6 Å². The van der Waals surface area contributed by atoms with Crippen LogP contribution in [0.25, 0.3) is 0 Å². The van der Waals surface area contributed by atoms with Gasteiger partial charge in [-0.3, -0.25) is 4.79 Å². The van der Waals surface area contributed by atoms with Crippen LogP contribution in [0.2, 0.25) is 0 Å². The maximum atomic E-state index is 11.5. The Balaban J connectivity index is 2.65. The second-order valence-electron chi connectivity index (χ2n) is 5.04. The van der Waals surface area contributed by atoms with Crippen molar-refractivity contribution in [2.45, 2.75) is 53.5 Å². The first-order chi connectivity index (χ1) is 7.91. The molecule has 0 amide bonds. The van der Waals surface area contributed by atoms with E-state index in [-0.39, 0.29) is 5.78 Å². The van der Waals surface area contributed by atoms with Gasteiger partial charge in [0.15, 0.2) is 5.78 Å². The van der Waals surface area contributed by atoms with Crippen LogP contribution in [0.4, 0.5) is 5.00 Å². The summed E-state index contributed by atoms with van der Waals surface area (Å²) in [5.74, 6) is 0.810. The van der Waals surface area contributed by atoms with Crippen LogP contribution in [0.5, 0.6) is 0 Å². The number of ketones is 1. The molecular formula is C13H22N2OS. The van der Waals surface area contributed by atoms with Gasteiger partial charge in [-0.15, -0.1) is 0 Å². The monoisotopic (exact) mass is 254 g/mol. The number of carbonyl (C=O) groups is 1. The molecule has 0 aliphatic carbocycles. The molecule has 1 heterocycles. The molecule has 1 rings (SSSR count). The molecule has 0 aliphatic rings. The smallest absolute Gasteiger partial charge is 0.164 e. The summed E-state index contributed by atoms with van der Waals surface area (Å²) < 4.78 is 4.24. The maximum Gasteiger partial charge on any atom is 0.164 e. The van der Waals surface area contributed by atoms with Crippen molar-refractivity contribution in [1.29, 1.82) is 0 Å². The highest BCUT2D eigenvalue weighted by atomic mass is 32.1. The molecule has 0 fully saturated rings. The fraction of sp³-hybridized carbons (Fsp3) is 0.692. The summed E-state index contributed by atoms with van der Waals surface area (Å²) in [4.78, 5) is 11.5. The predicted octanol–water partition coefficient (Wildman–Crippen LogP) is 3.89. The van der Waals surface area contributed by atoms with Gasteiger partial charge in [-0.1, -0.05) is 13.8 Å². The van der Waals surface area contributed by atoms with Crippen LogP contribution in [0.15, 0.2) is 0 Å². The van der Waals surface area contributed by atoms with Crippen LogP contribution < -0.4 is 5.32 Å². The van der Waals surface area contributed by atoms with Crippen molar-refractivity contribution in [1.82, 2.24) is 4.37 Å². The fourth-order valence-electron chi connectivity index (χ4n) is 1.76. The highest BCUT2D eigenvalue weighted by Gasteiger charge is 2.16. The summed E-state index contributed by atoms with van der Waals surface area (Å²) >= 11 is 1.39. The highest BCUT2D eigenvalue weighted by Crippen LogP contribution is 2.26. The zero-order valence-electron chi connectivity index (χ0n) is 11.3. The fourth-order valence-corrected chi connectivity index (χ4v) is 2.72. The molecule has 1 aromatic rings. The first-order valence-corrected chi connectivity index (χ1v) is 6.93. The summed E-state index contributed by atoms with van der Waals surface area (Å²) in [7, 11) is 0. The minimum Gasteiger partial charge on any atom is -0.373 e. The molecule has 1 aromatic heterocycles. The second-order valence-corrected chi connectivity index (χ2v) is 5.82. The van der Waals surface area contributed by atoms with Crippen molar-refractivity contribution in [3.05, 3.63) is 11.3 Å². The Hall–Kier alpha value is -0.900. The van der Waals surface area contributed by atoms with Gasteiger partial charge in [0.2, 0.25) is 0 Å². The summed E-state index contributed by atoms with van der Waals surface area (Å²) in [5.41, 5.74) is 1.59. The van der Waals surface area contributed by atoms with Gasteiger partial charge < -0.3 is 5.32 Å². The first kappa shape index (κ1) is 14.2. The van der Waals surface area contributed by atoms with E-state index in [1.54, 1.807) is 6.92 Å². The first-order valence-electron chi connectivity index (χ1n) is 6.15. The van der Waals surface area contributed by atoms with Gasteiger partial charge >= 0.3 is 0 Å². The highest BCUT2D eigenvalue weighted by molar-refractivity contribution is 7.10. The molecule has 1 atom stereocenters. The van der Waals surface area contributed by atoms with Crippen molar-refractivity contribution in [2.24, 2.45) is 5.92 Å². The summed E-state index contributed by atoms with van der Waals surface area (Å²) in [5, 5.41) is 4.33. The van der Waals surface area contributed by atoms with Gasteiger partial charge in [0, 0.05) is 6.04 Å². The Morgan fingerprint density at radius 3 is 2.53 bits per heavy atom. The molecule has 0 spiro atoms. The minimum atomic E-state index is 0.0924. The number of hydrogen-bond donors (Lipinski definition) is 1. The number of aryl methyl sites for hydroxylation is 1. The standard InChI is InChI=1S/C13H22N2OS/c1-8(2)6-7-9(3)14-13-12(11(5)16)10(4)15-17-13/h8-9,14H,6-7H2,1-5H3. The molecule has 0 aromatic carbocycles. The number of rotatable bonds is 6. The molecule has 96 valence electrons. The number of Topliss-reactive ketones (excluding diaryl/α,β-unsaturated/α-hetero) is 1. The van der Waals surface area contributed by atoms with Crippen molar-refractivity contribution in [3.8, 4) is 0 Å². The number of carbonyl (C=O) groups excluding carboxylic acids is 1. The Morgan fingerprint density at radius 1 is 1.35 bits per heavy atom. The molecule has 3 nitrogen and oxygen atoms in total. The van der Waals surface area contributed by atoms with Gasteiger partial charge in [-0.2, -0.15) is 4.37 Å². The molecule has 0 saturated heterocycles. The Morgan fingerprint density at radius 2 is 2.00 bits per heavy atom. The zero-order chi connectivity index (χ0) is 13.0. The predicted molar refractivity (Wildman–Crippen MR) is 74.0 cm³/mol. The third kappa shape index (κ3) is 4.11. The second kappa shape index (κ2) is 6.15. The van der Waals surface area contributed by atoms with Crippen molar-refractivity contribution < 1.29 is 4.79 Å². The van der Waals surface area contributed by atoms with E-state index in [0.717, 1.165) is 28.6 Å². The van der Waals surface area contributed by atoms with E-state index in [1.165, 1.54) is 18.0 Å². The van der Waals surface area contributed by atoms with Crippen molar-refractivity contribution >= 4 is 22.3 Å². The third-order valence-corrected chi connectivity index (χ3v) is 3.64. The van der Waals surface area contributed by atoms with Gasteiger partial charge in [0.25, 0.3) is 0 Å². The number of nitrogens with one attached hydrogen (secondary N) is 1. The van der Waals surface area contributed by atoms with Crippen molar-refractivity contribution in [3.63, 3.8) is 0 Å². The third-order valence-electron chi connectivity index (χ3n) is 2.77. The lowest BCUT2D eigenvalue weighted by atomic mass is 10.0. The van der Waals surface area contributed by atoms with Crippen LogP contribution in [-0.4, -0.2) is 16.2 Å². The summed E-state index contributed by atoms with van der Waals surface area (Å²) in [6, 6.07) is 0.385. The van der Waals surface area contributed by atoms with Gasteiger partial charge in [-0.05, 0) is 51.1 Å². The van der Waals surface area contributed by atoms with E-state index in [0.29, 0.717) is 6.04 Å². The van der Waals surface area contributed by atoms with Gasteiger partial charge in [0.05, 0.1) is 11.3 Å². The number of anilines is 1. The Bertz CT molecular complexity index is 385. The number of hydrogen-bond acceptors (Lipinski definition) is 4. The molecule has 0 radical (unpaired) electrons. The molecule has 1 N–H and O–H groups in total. The van der Waals surface area contributed by atoms with Gasteiger partial charge in [-0.25, -0.2) is 0 Å². The van der Waals surface area contributed by atoms with Crippen LogP contribution in [-0.2, 0) is 0 Å². The molecular weight excluding hydrogens is 232 g/mol. The van der Waals surface area contributed by atoms with Crippen LogP contribution in [0.3, 0.4) is 0 Å². The molecule has 1 unspecified atom stereocenters. The summed E-state index contributed by atoms with van der Waals surface area (Å²) in [6.07, 6.45) is 2.31. The SMILES string of the molecule is CC(=O)c1c(C)nsc1NC(C)CCC(C)C. The quantitative estimate of drug-likeness (QED) is 0.783. The van der Waals surface area contributed by atoms with E-state index in [2.05, 4.69) is 30.5 Å². The van der Waals surface area contributed by atoms with E-state index in [9.17, 15) is 4.79 Å². The van der Waals surface area contributed by atoms with E-state index in [4.69, 9.17) is 0 Å². The number of nitrogens with zero attached hydrogens (tertiary/aromatic N) is 1. The molecule has 0 saturated carbocycles. The minimum absolute atomic E-state index is 0.0924. The summed E-state index contributed by atoms with van der Waals surface area (Å²) in [6.45, 7) is 10.1. The number of aromatic nitrogens is 1. The van der Waals surface area contributed by atoms with Crippen LogP contribution in [0, 0.1) is 12.8 Å². The Kier molecular flexibility index (Phi) is 5.12. The molecule has 4 heteroatoms. The van der Waals surface area contributed by atoms with Crippen molar-refractivity contribution in [2.75, 3.05) is 5.32 Å². The van der Waals surface area contributed by atoms with E-state index in [1.807, 2.05) is 6.92 Å². The van der Waals surface area contributed by atoms with Gasteiger partial charge in [0.1, 0.15) is 5.00 Å². The van der Waals surface area contributed by atoms with E-state index < -0.39 is 0 Å². The average Bonchev–Trinajstić information content (AvgIpc) is 2.56. The Labute approximate surface area is 108 Å². The molecule has 0 aliphatic heterocycles.